The maximum Gasteiger partial charge on any atom is 0.490 e. The lowest BCUT2D eigenvalue weighted by molar-refractivity contribution is -0.155. The fourth-order valence-corrected chi connectivity index (χ4v) is 0.468. The lowest BCUT2D eigenvalue weighted by Crippen LogP contribution is -2.25. The van der Waals surface area contributed by atoms with Crippen molar-refractivity contribution in [3.63, 3.8) is 0 Å². The topological polar surface area (TPSA) is 81.3 Å². The van der Waals surface area contributed by atoms with Gasteiger partial charge in [-0.25, -0.2) is 4.79 Å². The molecule has 0 unspecified atom stereocenters. The van der Waals surface area contributed by atoms with Crippen LogP contribution in [0.3, 0.4) is 0 Å². The van der Waals surface area contributed by atoms with Gasteiger partial charge in [-0.1, -0.05) is 0 Å². The first-order valence-electron chi connectivity index (χ1n) is 3.06. The second-order valence-electron chi connectivity index (χ2n) is 1.74. The number of ether oxygens (including phenoxy) is 1. The standard InChI is InChI=1S/C6H9N2O3/c1-3-11-6(10)5(8-7)4(2)9/h7H,3H2,1-2H3/q+1. The molecule has 0 aromatic carbocycles. The Balaban J connectivity index is 4.42. The van der Waals surface area contributed by atoms with E-state index in [2.05, 4.69) is 9.53 Å². The van der Waals surface area contributed by atoms with Crippen molar-refractivity contribution in [1.82, 2.24) is 0 Å². The van der Waals surface area contributed by atoms with Crippen LogP contribution in [0.5, 0.6) is 0 Å². The number of hydrogen-bond donors (Lipinski definition) is 1. The van der Waals surface area contributed by atoms with Crippen molar-refractivity contribution in [2.24, 2.45) is 0 Å². The van der Waals surface area contributed by atoms with Crippen molar-refractivity contribution in [3.05, 3.63) is 0 Å². The van der Waals surface area contributed by atoms with Gasteiger partial charge >= 0.3 is 11.7 Å². The van der Waals surface area contributed by atoms with Crippen LogP contribution in [0.2, 0.25) is 0 Å². The predicted molar refractivity (Wildman–Crippen MR) is 35.3 cm³/mol. The molecule has 0 aliphatic carbocycles. The second-order valence-corrected chi connectivity index (χ2v) is 1.74. The summed E-state index contributed by atoms with van der Waals surface area (Å²) >= 11 is 0. The van der Waals surface area contributed by atoms with Crippen molar-refractivity contribution in [2.45, 2.75) is 13.8 Å². The van der Waals surface area contributed by atoms with Gasteiger partial charge in [-0.05, 0) is 6.92 Å². The van der Waals surface area contributed by atoms with E-state index in [0.717, 1.165) is 6.92 Å². The van der Waals surface area contributed by atoms with Crippen molar-refractivity contribution in [1.29, 1.82) is 5.53 Å². The van der Waals surface area contributed by atoms with E-state index in [0.29, 0.717) is 0 Å². The third-order valence-electron chi connectivity index (χ3n) is 0.914. The molecule has 0 aromatic heterocycles. The molecule has 5 heteroatoms. The minimum atomic E-state index is -0.838. The first-order valence-corrected chi connectivity index (χ1v) is 3.06. The van der Waals surface area contributed by atoms with E-state index in [9.17, 15) is 9.59 Å². The molecule has 0 bridgehead atoms. The molecule has 0 heterocycles. The van der Waals surface area contributed by atoms with Crippen LogP contribution in [0, 0.1) is 5.53 Å². The Kier molecular flexibility index (Phi) is 3.77. The number of nitrogens with zero attached hydrogens (tertiary/aromatic N) is 1. The zero-order valence-corrected chi connectivity index (χ0v) is 6.38. The molecule has 0 aliphatic rings. The average molecular weight is 157 g/mol. The highest BCUT2D eigenvalue weighted by molar-refractivity contribution is 6.61. The SMILES string of the molecule is CCOC(=O)C(=[N+]=N)C(C)=O. The second kappa shape index (κ2) is 4.35. The summed E-state index contributed by atoms with van der Waals surface area (Å²) in [5, 5.41) is 0. The van der Waals surface area contributed by atoms with E-state index in [1.165, 1.54) is 0 Å². The van der Waals surface area contributed by atoms with Gasteiger partial charge in [0.15, 0.2) is 0 Å². The van der Waals surface area contributed by atoms with Crippen LogP contribution in [-0.4, -0.2) is 28.9 Å². The summed E-state index contributed by atoms with van der Waals surface area (Å²) in [6.07, 6.45) is 0. The predicted octanol–water partition coefficient (Wildman–Crippen LogP) is -0.181. The molecular formula is C6H9N2O3+. The van der Waals surface area contributed by atoms with Crippen molar-refractivity contribution < 1.29 is 19.1 Å². The first kappa shape index (κ1) is 9.52. The lowest BCUT2D eigenvalue weighted by atomic mass is 10.3. The molecule has 60 valence electrons. The maximum absolute atomic E-state index is 10.7. The Morgan fingerprint density at radius 2 is 2.09 bits per heavy atom. The third kappa shape index (κ3) is 2.73. The van der Waals surface area contributed by atoms with Crippen LogP contribution < -0.4 is 0 Å². The molecule has 11 heavy (non-hydrogen) atoms. The summed E-state index contributed by atoms with van der Waals surface area (Å²) in [4.78, 5) is 24.0. The Morgan fingerprint density at radius 1 is 1.55 bits per heavy atom. The van der Waals surface area contributed by atoms with E-state index in [1.54, 1.807) is 6.92 Å². The maximum atomic E-state index is 10.7. The van der Waals surface area contributed by atoms with Gasteiger partial charge < -0.3 is 4.74 Å². The van der Waals surface area contributed by atoms with E-state index < -0.39 is 17.5 Å². The number of hydrogen-bond acceptors (Lipinski definition) is 4. The molecule has 0 saturated carbocycles. The molecule has 0 fully saturated rings. The van der Waals surface area contributed by atoms with Crippen LogP contribution >= 0.6 is 0 Å². The van der Waals surface area contributed by atoms with Gasteiger partial charge in [0.25, 0.3) is 5.78 Å². The normalized spacial score (nSPS) is 8.18. The van der Waals surface area contributed by atoms with Crippen LogP contribution in [0.15, 0.2) is 0 Å². The van der Waals surface area contributed by atoms with E-state index in [1.807, 2.05) is 0 Å². The molecule has 0 radical (unpaired) electrons. The molecule has 1 N–H and O–H groups in total. The van der Waals surface area contributed by atoms with Gasteiger partial charge in [0.2, 0.25) is 0 Å². The molecule has 0 atom stereocenters. The summed E-state index contributed by atoms with van der Waals surface area (Å²) in [6, 6.07) is 0. The highest BCUT2D eigenvalue weighted by Crippen LogP contribution is 1.82. The molecule has 0 rings (SSSR count). The fraction of sp³-hybridized carbons (Fsp3) is 0.500. The number of Topliss-reactive ketones (excluding diaryl/α,β-unsaturated/α-hetero) is 1. The Morgan fingerprint density at radius 3 is 2.36 bits per heavy atom. The number of carbonyl (C=O) groups excluding carboxylic acids is 2. The lowest BCUT2D eigenvalue weighted by Gasteiger charge is -1.91. The molecule has 0 aliphatic heterocycles. The summed E-state index contributed by atoms with van der Waals surface area (Å²) in [5.74, 6) is -1.39. The third-order valence-corrected chi connectivity index (χ3v) is 0.914. The number of rotatable bonds is 3. The van der Waals surface area contributed by atoms with Gasteiger partial charge in [-0.3, -0.25) is 4.79 Å². The van der Waals surface area contributed by atoms with E-state index in [-0.39, 0.29) is 6.61 Å². The fourth-order valence-electron chi connectivity index (χ4n) is 0.468. The van der Waals surface area contributed by atoms with Crippen LogP contribution in [-0.2, 0) is 14.3 Å². The highest BCUT2D eigenvalue weighted by Gasteiger charge is 2.29. The smallest absolute Gasteiger partial charge is 0.457 e. The quantitative estimate of drug-likeness (QED) is 0.203. The summed E-state index contributed by atoms with van der Waals surface area (Å²) < 4.78 is 4.45. The zero-order valence-electron chi connectivity index (χ0n) is 6.38. The number of nitrogens with one attached hydrogen (secondary N) is 1. The molecule has 0 spiro atoms. The molecule has 0 saturated heterocycles. The van der Waals surface area contributed by atoms with Gasteiger partial charge in [0.1, 0.15) is 0 Å². The first-order chi connectivity index (χ1) is 5.13. The minimum Gasteiger partial charge on any atom is -0.457 e. The van der Waals surface area contributed by atoms with Crippen LogP contribution in [0.4, 0.5) is 0 Å². The monoisotopic (exact) mass is 157 g/mol. The summed E-state index contributed by atoms with van der Waals surface area (Å²) in [5.41, 5.74) is 6.00. The van der Waals surface area contributed by atoms with Crippen LogP contribution in [0.1, 0.15) is 13.8 Å². The average Bonchev–Trinajstić information content (AvgIpc) is 1.88. The zero-order chi connectivity index (χ0) is 8.85. The Hall–Kier alpha value is -1.48. The molecular weight excluding hydrogens is 148 g/mol. The molecule has 5 nitrogen and oxygen atoms in total. The highest BCUT2D eigenvalue weighted by atomic mass is 16.5. The van der Waals surface area contributed by atoms with E-state index >= 15 is 0 Å². The minimum absolute atomic E-state index is 0.172. The Labute approximate surface area is 63.6 Å². The van der Waals surface area contributed by atoms with Crippen LogP contribution in [0.25, 0.3) is 0 Å². The number of esters is 1. The largest absolute Gasteiger partial charge is 0.490 e. The summed E-state index contributed by atoms with van der Waals surface area (Å²) in [7, 11) is 0. The Bertz CT molecular complexity index is 228. The van der Waals surface area contributed by atoms with Gasteiger partial charge in [-0.2, -0.15) is 0 Å². The number of ketones is 1. The van der Waals surface area contributed by atoms with Crippen molar-refractivity contribution >= 4 is 17.5 Å². The van der Waals surface area contributed by atoms with Gasteiger partial charge in [-0.15, -0.1) is 0 Å². The number of carbonyl (C=O) groups is 2. The van der Waals surface area contributed by atoms with Gasteiger partial charge in [0.05, 0.1) is 16.9 Å². The molecule has 0 amide bonds. The van der Waals surface area contributed by atoms with Crippen molar-refractivity contribution in [3.8, 4) is 0 Å². The summed E-state index contributed by atoms with van der Waals surface area (Å²) in [6.45, 7) is 2.94. The molecule has 0 aromatic rings. The van der Waals surface area contributed by atoms with E-state index in [4.69, 9.17) is 5.53 Å². The van der Waals surface area contributed by atoms with Gasteiger partial charge in [0, 0.05) is 6.92 Å². The van der Waals surface area contributed by atoms with Crippen molar-refractivity contribution in [2.75, 3.05) is 6.61 Å².